The second-order valence-electron chi connectivity index (χ2n) is 8.88. The summed E-state index contributed by atoms with van der Waals surface area (Å²) in [5.74, 6) is 0.288. The number of carbonyl (C=O) groups is 2. The highest BCUT2D eigenvalue weighted by Gasteiger charge is 2.27. The number of nitrogens with one attached hydrogen (secondary N) is 1. The minimum atomic E-state index is -0.610. The lowest BCUT2D eigenvalue weighted by Crippen LogP contribution is -2.50. The van der Waals surface area contributed by atoms with Gasteiger partial charge in [0.15, 0.2) is 6.61 Å². The van der Waals surface area contributed by atoms with Crippen LogP contribution in [0.4, 0.5) is 0 Å². The molecule has 0 aliphatic heterocycles. The number of nitrogens with zero attached hydrogens (tertiary/aromatic N) is 1. The smallest absolute Gasteiger partial charge is 0.261 e. The molecule has 0 bridgehead atoms. The van der Waals surface area contributed by atoms with Gasteiger partial charge in [-0.25, -0.2) is 0 Å². The van der Waals surface area contributed by atoms with Gasteiger partial charge in [-0.15, -0.1) is 0 Å². The average molecular weight is 411 g/mol. The van der Waals surface area contributed by atoms with Crippen molar-refractivity contribution in [3.8, 4) is 5.75 Å². The molecule has 5 heteroatoms. The van der Waals surface area contributed by atoms with Gasteiger partial charge in [0.2, 0.25) is 5.91 Å². The van der Waals surface area contributed by atoms with Crippen molar-refractivity contribution in [2.24, 2.45) is 0 Å². The Morgan fingerprint density at radius 3 is 2.17 bits per heavy atom. The molecule has 0 radical (unpaired) electrons. The molecular formula is C25H34N2O3. The first kappa shape index (κ1) is 23.5. The Morgan fingerprint density at radius 2 is 1.57 bits per heavy atom. The van der Waals surface area contributed by atoms with Crippen molar-refractivity contribution in [2.45, 2.75) is 65.6 Å². The first-order valence-corrected chi connectivity index (χ1v) is 10.5. The van der Waals surface area contributed by atoms with Crippen LogP contribution in [0.25, 0.3) is 0 Å². The minimum absolute atomic E-state index is 0.00328. The van der Waals surface area contributed by atoms with E-state index in [1.54, 1.807) is 11.8 Å². The van der Waals surface area contributed by atoms with Crippen molar-refractivity contribution >= 4 is 11.8 Å². The van der Waals surface area contributed by atoms with Crippen LogP contribution in [0.2, 0.25) is 0 Å². The fraction of sp³-hybridized carbons (Fsp3) is 0.440. The zero-order valence-electron chi connectivity index (χ0n) is 18.9. The third-order valence-electron chi connectivity index (χ3n) is 4.84. The molecule has 1 unspecified atom stereocenters. The fourth-order valence-corrected chi connectivity index (χ4v) is 3.20. The van der Waals surface area contributed by atoms with Crippen LogP contribution in [-0.4, -0.2) is 35.4 Å². The van der Waals surface area contributed by atoms with Gasteiger partial charge in [0, 0.05) is 12.6 Å². The van der Waals surface area contributed by atoms with Crippen LogP contribution in [0.5, 0.6) is 5.75 Å². The quantitative estimate of drug-likeness (QED) is 0.706. The molecule has 2 amide bonds. The van der Waals surface area contributed by atoms with E-state index >= 15 is 0 Å². The van der Waals surface area contributed by atoms with Gasteiger partial charge >= 0.3 is 0 Å². The van der Waals surface area contributed by atoms with Crippen LogP contribution in [0.3, 0.4) is 0 Å². The van der Waals surface area contributed by atoms with Gasteiger partial charge in [0.05, 0.1) is 0 Å². The van der Waals surface area contributed by atoms with Gasteiger partial charge < -0.3 is 15.0 Å². The molecule has 0 saturated carbocycles. The molecule has 30 heavy (non-hydrogen) atoms. The third-order valence-corrected chi connectivity index (χ3v) is 4.84. The lowest BCUT2D eigenvalue weighted by atomic mass is 9.86. The van der Waals surface area contributed by atoms with E-state index in [9.17, 15) is 9.59 Å². The molecule has 1 atom stereocenters. The van der Waals surface area contributed by atoms with E-state index in [4.69, 9.17) is 4.74 Å². The Bertz CT molecular complexity index is 841. The van der Waals surface area contributed by atoms with Crippen LogP contribution in [0.15, 0.2) is 54.6 Å². The van der Waals surface area contributed by atoms with E-state index in [0.717, 1.165) is 11.1 Å². The normalized spacial score (nSPS) is 12.4. The zero-order valence-corrected chi connectivity index (χ0v) is 18.9. The van der Waals surface area contributed by atoms with Gasteiger partial charge in [0.25, 0.3) is 5.91 Å². The monoisotopic (exact) mass is 410 g/mol. The number of benzene rings is 2. The molecule has 2 rings (SSSR count). The number of rotatable bonds is 8. The van der Waals surface area contributed by atoms with E-state index in [1.165, 1.54) is 0 Å². The molecule has 0 heterocycles. The maximum absolute atomic E-state index is 13.1. The SMILES string of the molecule is CC(C)NC(=O)C(C)N(Cc1ccccc1)C(=O)COc1ccccc1C(C)(C)C. The fourth-order valence-electron chi connectivity index (χ4n) is 3.20. The number of hydrogen-bond donors (Lipinski definition) is 1. The zero-order chi connectivity index (χ0) is 22.3. The molecule has 0 saturated heterocycles. The summed E-state index contributed by atoms with van der Waals surface area (Å²) in [5, 5.41) is 2.89. The second kappa shape index (κ2) is 10.3. The topological polar surface area (TPSA) is 58.6 Å². The van der Waals surface area contributed by atoms with E-state index < -0.39 is 6.04 Å². The number of para-hydroxylation sites is 1. The van der Waals surface area contributed by atoms with Crippen molar-refractivity contribution in [3.05, 3.63) is 65.7 Å². The minimum Gasteiger partial charge on any atom is -0.483 e. The average Bonchev–Trinajstić information content (AvgIpc) is 2.69. The lowest BCUT2D eigenvalue weighted by Gasteiger charge is -2.30. The summed E-state index contributed by atoms with van der Waals surface area (Å²) in [4.78, 5) is 27.3. The van der Waals surface area contributed by atoms with E-state index in [-0.39, 0.29) is 29.9 Å². The van der Waals surface area contributed by atoms with Crippen molar-refractivity contribution in [3.63, 3.8) is 0 Å². The maximum Gasteiger partial charge on any atom is 0.261 e. The summed E-state index contributed by atoms with van der Waals surface area (Å²) in [6.07, 6.45) is 0. The first-order valence-electron chi connectivity index (χ1n) is 10.5. The highest BCUT2D eigenvalue weighted by molar-refractivity contribution is 5.88. The Kier molecular flexibility index (Phi) is 8.04. The van der Waals surface area contributed by atoms with Crippen LogP contribution >= 0.6 is 0 Å². The molecule has 1 N–H and O–H groups in total. The Balaban J connectivity index is 2.19. The van der Waals surface area contributed by atoms with Crippen LogP contribution < -0.4 is 10.1 Å². The van der Waals surface area contributed by atoms with Gasteiger partial charge in [-0.2, -0.15) is 0 Å². The third kappa shape index (κ3) is 6.61. The van der Waals surface area contributed by atoms with Gasteiger partial charge in [0.1, 0.15) is 11.8 Å². The van der Waals surface area contributed by atoms with Crippen LogP contribution in [0, 0.1) is 0 Å². The largest absolute Gasteiger partial charge is 0.483 e. The summed E-state index contributed by atoms with van der Waals surface area (Å²) in [6.45, 7) is 12.1. The lowest BCUT2D eigenvalue weighted by molar-refractivity contribution is -0.142. The van der Waals surface area contributed by atoms with E-state index in [0.29, 0.717) is 12.3 Å². The number of carbonyl (C=O) groups excluding carboxylic acids is 2. The number of ether oxygens (including phenoxy) is 1. The van der Waals surface area contributed by atoms with Gasteiger partial charge in [-0.1, -0.05) is 69.3 Å². The standard InChI is InChI=1S/C25H34N2O3/c1-18(2)26-24(29)19(3)27(16-20-12-8-7-9-13-20)23(28)17-30-22-15-11-10-14-21(22)25(4,5)6/h7-15,18-19H,16-17H2,1-6H3,(H,26,29). The summed E-state index contributed by atoms with van der Waals surface area (Å²) in [7, 11) is 0. The predicted molar refractivity (Wildman–Crippen MR) is 120 cm³/mol. The highest BCUT2D eigenvalue weighted by Crippen LogP contribution is 2.31. The summed E-state index contributed by atoms with van der Waals surface area (Å²) in [5.41, 5.74) is 1.90. The molecule has 2 aromatic carbocycles. The molecule has 0 aliphatic rings. The van der Waals surface area contributed by atoms with Crippen molar-refractivity contribution in [2.75, 3.05) is 6.61 Å². The highest BCUT2D eigenvalue weighted by atomic mass is 16.5. The van der Waals surface area contributed by atoms with Gasteiger partial charge in [-0.05, 0) is 43.4 Å². The molecule has 0 fully saturated rings. The molecule has 0 aliphatic carbocycles. The van der Waals surface area contributed by atoms with E-state index in [2.05, 4.69) is 26.1 Å². The molecule has 2 aromatic rings. The first-order chi connectivity index (χ1) is 14.1. The second-order valence-corrected chi connectivity index (χ2v) is 8.88. The van der Waals surface area contributed by atoms with E-state index in [1.807, 2.05) is 68.4 Å². The number of amides is 2. The van der Waals surface area contributed by atoms with Crippen molar-refractivity contribution in [1.29, 1.82) is 0 Å². The Hall–Kier alpha value is -2.82. The van der Waals surface area contributed by atoms with Gasteiger partial charge in [-0.3, -0.25) is 9.59 Å². The predicted octanol–water partition coefficient (Wildman–Crippen LogP) is 4.30. The van der Waals surface area contributed by atoms with Crippen molar-refractivity contribution < 1.29 is 14.3 Å². The molecule has 162 valence electrons. The Labute approximate surface area is 180 Å². The molecule has 0 spiro atoms. The van der Waals surface area contributed by atoms with Crippen molar-refractivity contribution in [1.82, 2.24) is 10.2 Å². The molecule has 0 aromatic heterocycles. The molecular weight excluding hydrogens is 376 g/mol. The summed E-state index contributed by atoms with van der Waals surface area (Å²) < 4.78 is 5.93. The molecule has 5 nitrogen and oxygen atoms in total. The van der Waals surface area contributed by atoms with Crippen LogP contribution in [-0.2, 0) is 21.5 Å². The summed E-state index contributed by atoms with van der Waals surface area (Å²) in [6, 6.07) is 16.8. The number of hydrogen-bond acceptors (Lipinski definition) is 3. The Morgan fingerprint density at radius 1 is 0.967 bits per heavy atom. The summed E-state index contributed by atoms with van der Waals surface area (Å²) >= 11 is 0. The van der Waals surface area contributed by atoms with Crippen LogP contribution in [0.1, 0.15) is 52.7 Å². The maximum atomic E-state index is 13.1.